The summed E-state index contributed by atoms with van der Waals surface area (Å²) in [6.45, 7) is 0. The van der Waals surface area contributed by atoms with E-state index in [-0.39, 0.29) is 5.56 Å². The number of aromatic amines is 1. The molecule has 24 heavy (non-hydrogen) atoms. The lowest BCUT2D eigenvalue weighted by atomic mass is 9.99. The lowest BCUT2D eigenvalue weighted by molar-refractivity contribution is 1.02. The Labute approximate surface area is 138 Å². The fraction of sp³-hybridized carbons (Fsp3) is 0.0476. The van der Waals surface area contributed by atoms with Gasteiger partial charge in [-0.3, -0.25) is 4.79 Å². The van der Waals surface area contributed by atoms with Crippen LogP contribution in [0.2, 0.25) is 0 Å². The van der Waals surface area contributed by atoms with Crippen molar-refractivity contribution in [1.29, 1.82) is 0 Å². The summed E-state index contributed by atoms with van der Waals surface area (Å²) in [5, 5.41) is 8.49. The van der Waals surface area contributed by atoms with Gasteiger partial charge in [-0.1, -0.05) is 54.6 Å². The van der Waals surface area contributed by atoms with Crippen LogP contribution in [0.4, 0.5) is 0 Å². The Morgan fingerprint density at radius 1 is 0.792 bits per heavy atom. The second kappa shape index (κ2) is 4.90. The minimum absolute atomic E-state index is 0.150. The van der Waals surface area contributed by atoms with E-state index in [0.29, 0.717) is 5.39 Å². The molecule has 0 saturated carbocycles. The van der Waals surface area contributed by atoms with Crippen molar-refractivity contribution >= 4 is 10.8 Å². The largest absolute Gasteiger partial charge is 0.272 e. The fourth-order valence-electron chi connectivity index (χ4n) is 3.63. The summed E-state index contributed by atoms with van der Waals surface area (Å²) in [6, 6.07) is 22.6. The van der Waals surface area contributed by atoms with Crippen molar-refractivity contribution in [3.05, 3.63) is 88.2 Å². The lowest BCUT2D eigenvalue weighted by Gasteiger charge is -2.07. The van der Waals surface area contributed by atoms with E-state index in [0.717, 1.165) is 23.1 Å². The predicted octanol–water partition coefficient (Wildman–Crippen LogP) is 4.16. The van der Waals surface area contributed by atoms with Crippen LogP contribution in [0.5, 0.6) is 0 Å². The van der Waals surface area contributed by atoms with Gasteiger partial charge in [-0.15, -0.1) is 0 Å². The van der Waals surface area contributed by atoms with Crippen LogP contribution in [-0.4, -0.2) is 10.2 Å². The molecule has 0 bridgehead atoms. The average Bonchev–Trinajstić information content (AvgIpc) is 3.00. The summed E-state index contributed by atoms with van der Waals surface area (Å²) in [4.78, 5) is 12.0. The van der Waals surface area contributed by atoms with E-state index >= 15 is 0 Å². The molecule has 0 fully saturated rings. The van der Waals surface area contributed by atoms with Crippen LogP contribution in [0.1, 0.15) is 11.1 Å². The highest BCUT2D eigenvalue weighted by Gasteiger charge is 2.19. The Balaban J connectivity index is 1.72. The zero-order valence-corrected chi connectivity index (χ0v) is 12.9. The van der Waals surface area contributed by atoms with Crippen LogP contribution in [-0.2, 0) is 6.42 Å². The van der Waals surface area contributed by atoms with Crippen LogP contribution < -0.4 is 5.56 Å². The molecule has 0 spiro atoms. The fourth-order valence-corrected chi connectivity index (χ4v) is 3.63. The molecule has 1 aromatic heterocycles. The molecule has 0 saturated heterocycles. The molecule has 0 atom stereocenters. The molecule has 1 aliphatic carbocycles. The monoisotopic (exact) mass is 310 g/mol. The van der Waals surface area contributed by atoms with Crippen molar-refractivity contribution in [3.63, 3.8) is 0 Å². The molecule has 5 rings (SSSR count). The highest BCUT2D eigenvalue weighted by Crippen LogP contribution is 2.38. The number of hydrogen-bond donors (Lipinski definition) is 1. The maximum absolute atomic E-state index is 12.0. The third-order valence-electron chi connectivity index (χ3n) is 4.76. The Hall–Kier alpha value is -3.20. The highest BCUT2D eigenvalue weighted by atomic mass is 16.1. The minimum Gasteiger partial charge on any atom is -0.267 e. The van der Waals surface area contributed by atoms with Crippen LogP contribution in [0.15, 0.2) is 71.5 Å². The van der Waals surface area contributed by atoms with E-state index in [1.54, 1.807) is 0 Å². The van der Waals surface area contributed by atoms with Gasteiger partial charge in [0.15, 0.2) is 0 Å². The Morgan fingerprint density at radius 2 is 1.54 bits per heavy atom. The van der Waals surface area contributed by atoms with Gasteiger partial charge in [-0.25, -0.2) is 5.10 Å². The number of benzene rings is 3. The van der Waals surface area contributed by atoms with E-state index in [1.165, 1.54) is 22.3 Å². The molecule has 114 valence electrons. The molecule has 3 nitrogen and oxygen atoms in total. The SMILES string of the molecule is O=c1[nH]nc(-c2ccc3c(c2)Cc2ccccc2-3)c2ccccc12. The van der Waals surface area contributed by atoms with Gasteiger partial charge in [0.2, 0.25) is 0 Å². The van der Waals surface area contributed by atoms with Crippen LogP contribution in [0.25, 0.3) is 33.2 Å². The third-order valence-corrected chi connectivity index (χ3v) is 4.76. The number of fused-ring (bicyclic) bond motifs is 4. The highest BCUT2D eigenvalue weighted by molar-refractivity contribution is 5.94. The molecule has 0 unspecified atom stereocenters. The van der Waals surface area contributed by atoms with Gasteiger partial charge >= 0.3 is 0 Å². The lowest BCUT2D eigenvalue weighted by Crippen LogP contribution is -2.09. The summed E-state index contributed by atoms with van der Waals surface area (Å²) < 4.78 is 0. The number of nitrogens with one attached hydrogen (secondary N) is 1. The van der Waals surface area contributed by atoms with Crippen molar-refractivity contribution in [1.82, 2.24) is 10.2 Å². The number of H-pyrrole nitrogens is 1. The van der Waals surface area contributed by atoms with E-state index in [4.69, 9.17) is 0 Å². The van der Waals surface area contributed by atoms with Crippen LogP contribution in [0, 0.1) is 0 Å². The summed E-state index contributed by atoms with van der Waals surface area (Å²) in [5.41, 5.74) is 7.00. The van der Waals surface area contributed by atoms with Gasteiger partial charge in [-0.05, 0) is 40.8 Å². The molecular weight excluding hydrogens is 296 g/mol. The van der Waals surface area contributed by atoms with Gasteiger partial charge < -0.3 is 0 Å². The first-order valence-electron chi connectivity index (χ1n) is 8.00. The quantitative estimate of drug-likeness (QED) is 0.505. The van der Waals surface area contributed by atoms with Crippen LogP contribution >= 0.6 is 0 Å². The number of aromatic nitrogens is 2. The molecule has 1 aliphatic rings. The molecule has 3 heteroatoms. The standard InChI is InChI=1S/C21H14N2O/c24-21-19-8-4-3-7-18(19)20(22-23-21)14-9-10-17-15(12-14)11-13-5-1-2-6-16(13)17/h1-10,12H,11H2,(H,23,24). The molecule has 3 aromatic carbocycles. The molecule has 1 heterocycles. The van der Waals surface area contributed by atoms with E-state index in [1.807, 2.05) is 24.3 Å². The molecule has 1 N–H and O–H groups in total. The average molecular weight is 310 g/mol. The maximum Gasteiger partial charge on any atom is 0.272 e. The van der Waals surface area contributed by atoms with Crippen molar-refractivity contribution in [2.45, 2.75) is 6.42 Å². The van der Waals surface area contributed by atoms with Crippen molar-refractivity contribution in [3.8, 4) is 22.4 Å². The van der Waals surface area contributed by atoms with Gasteiger partial charge in [-0.2, -0.15) is 5.10 Å². The van der Waals surface area contributed by atoms with Gasteiger partial charge in [0.05, 0.1) is 11.1 Å². The third kappa shape index (κ3) is 1.85. The zero-order valence-electron chi connectivity index (χ0n) is 12.9. The first-order chi connectivity index (χ1) is 11.8. The maximum atomic E-state index is 12.0. The van der Waals surface area contributed by atoms with E-state index in [2.05, 4.69) is 52.7 Å². The second-order valence-electron chi connectivity index (χ2n) is 6.15. The van der Waals surface area contributed by atoms with E-state index in [9.17, 15) is 4.79 Å². The number of rotatable bonds is 1. The number of hydrogen-bond acceptors (Lipinski definition) is 2. The van der Waals surface area contributed by atoms with E-state index < -0.39 is 0 Å². The first-order valence-corrected chi connectivity index (χ1v) is 8.00. The topological polar surface area (TPSA) is 45.8 Å². The summed E-state index contributed by atoms with van der Waals surface area (Å²) in [7, 11) is 0. The molecule has 0 radical (unpaired) electrons. The van der Waals surface area contributed by atoms with Gasteiger partial charge in [0, 0.05) is 10.9 Å². The van der Waals surface area contributed by atoms with Gasteiger partial charge in [0.25, 0.3) is 5.56 Å². The molecule has 0 aliphatic heterocycles. The van der Waals surface area contributed by atoms with Crippen molar-refractivity contribution in [2.75, 3.05) is 0 Å². The first kappa shape index (κ1) is 13.3. The minimum atomic E-state index is -0.150. The summed E-state index contributed by atoms with van der Waals surface area (Å²) in [5.74, 6) is 0. The molecule has 4 aromatic rings. The van der Waals surface area contributed by atoms with Crippen molar-refractivity contribution in [2.24, 2.45) is 0 Å². The van der Waals surface area contributed by atoms with Gasteiger partial charge in [0.1, 0.15) is 0 Å². The van der Waals surface area contributed by atoms with Crippen LogP contribution in [0.3, 0.4) is 0 Å². The Morgan fingerprint density at radius 3 is 2.46 bits per heavy atom. The zero-order chi connectivity index (χ0) is 16.1. The normalized spacial score (nSPS) is 12.2. The molecular formula is C21H14N2O. The second-order valence-corrected chi connectivity index (χ2v) is 6.15. The molecule has 0 amide bonds. The van der Waals surface area contributed by atoms with Crippen molar-refractivity contribution < 1.29 is 0 Å². The Kier molecular flexibility index (Phi) is 2.71. The number of nitrogens with zero attached hydrogens (tertiary/aromatic N) is 1. The Bertz CT molecular complexity index is 1160. The smallest absolute Gasteiger partial charge is 0.267 e. The predicted molar refractivity (Wildman–Crippen MR) is 96.0 cm³/mol. The summed E-state index contributed by atoms with van der Waals surface area (Å²) in [6.07, 6.45) is 0.945. The summed E-state index contributed by atoms with van der Waals surface area (Å²) >= 11 is 0.